The number of benzene rings is 1. The first kappa shape index (κ1) is 19.5. The highest BCUT2D eigenvalue weighted by molar-refractivity contribution is 5.93. The molecule has 2 N–H and O–H groups in total. The molecule has 2 aromatic rings. The number of methoxy groups -OCH3 is 1. The van der Waals surface area contributed by atoms with Crippen molar-refractivity contribution in [3.05, 3.63) is 41.9 Å². The predicted molar refractivity (Wildman–Crippen MR) is 101 cm³/mol. The Bertz CT molecular complexity index is 739. The lowest BCUT2D eigenvalue weighted by atomic mass is 10.1. The van der Waals surface area contributed by atoms with E-state index in [1.54, 1.807) is 20.1 Å². The molecule has 0 atom stereocenters. The molecule has 0 saturated carbocycles. The molecular formula is C19H26N4O3. The number of aryl methyl sites for hydroxylation is 1. The third kappa shape index (κ3) is 6.23. The zero-order valence-electron chi connectivity index (χ0n) is 15.9. The van der Waals surface area contributed by atoms with Gasteiger partial charge in [-0.2, -0.15) is 0 Å². The Balaban J connectivity index is 1.89. The molecule has 1 heterocycles. The lowest BCUT2D eigenvalue weighted by molar-refractivity contribution is 0.0914. The SMILES string of the molecule is COc1ccc(OCCNc2cc(C(=O)NC(C)(C)C)nc(C)n2)cc1. The van der Waals surface area contributed by atoms with E-state index in [9.17, 15) is 4.79 Å². The van der Waals surface area contributed by atoms with Crippen LogP contribution in [-0.4, -0.2) is 41.7 Å². The quantitative estimate of drug-likeness (QED) is 0.740. The van der Waals surface area contributed by atoms with Crippen LogP contribution in [0.5, 0.6) is 11.5 Å². The van der Waals surface area contributed by atoms with Gasteiger partial charge in [0.2, 0.25) is 0 Å². The smallest absolute Gasteiger partial charge is 0.270 e. The van der Waals surface area contributed by atoms with Crippen molar-refractivity contribution < 1.29 is 14.3 Å². The fourth-order valence-corrected chi connectivity index (χ4v) is 2.20. The van der Waals surface area contributed by atoms with Crippen molar-refractivity contribution in [2.45, 2.75) is 33.2 Å². The Morgan fingerprint density at radius 2 is 1.77 bits per heavy atom. The average molecular weight is 358 g/mol. The highest BCUT2D eigenvalue weighted by Crippen LogP contribution is 2.17. The van der Waals surface area contributed by atoms with E-state index >= 15 is 0 Å². The first-order chi connectivity index (χ1) is 12.3. The van der Waals surface area contributed by atoms with E-state index in [4.69, 9.17) is 9.47 Å². The third-order valence-electron chi connectivity index (χ3n) is 3.30. The maximum absolute atomic E-state index is 12.3. The number of rotatable bonds is 7. The topological polar surface area (TPSA) is 85.4 Å². The number of hydrogen-bond acceptors (Lipinski definition) is 6. The molecule has 0 saturated heterocycles. The second-order valence-corrected chi connectivity index (χ2v) is 6.84. The van der Waals surface area contributed by atoms with E-state index in [1.165, 1.54) is 0 Å². The summed E-state index contributed by atoms with van der Waals surface area (Å²) in [4.78, 5) is 20.8. The van der Waals surface area contributed by atoms with Crippen LogP contribution < -0.4 is 20.1 Å². The Labute approximate surface area is 154 Å². The van der Waals surface area contributed by atoms with Gasteiger partial charge >= 0.3 is 0 Å². The average Bonchev–Trinajstić information content (AvgIpc) is 2.57. The van der Waals surface area contributed by atoms with Gasteiger partial charge in [0.05, 0.1) is 13.7 Å². The first-order valence-electron chi connectivity index (χ1n) is 8.46. The van der Waals surface area contributed by atoms with Crippen LogP contribution >= 0.6 is 0 Å². The zero-order chi connectivity index (χ0) is 19.2. The molecule has 1 aromatic carbocycles. The zero-order valence-corrected chi connectivity index (χ0v) is 15.9. The number of carbonyl (C=O) groups excluding carboxylic acids is 1. The van der Waals surface area contributed by atoms with E-state index in [-0.39, 0.29) is 11.4 Å². The van der Waals surface area contributed by atoms with Crippen LogP contribution in [0.2, 0.25) is 0 Å². The molecule has 0 fully saturated rings. The van der Waals surface area contributed by atoms with E-state index in [2.05, 4.69) is 20.6 Å². The molecular weight excluding hydrogens is 332 g/mol. The molecule has 7 nitrogen and oxygen atoms in total. The van der Waals surface area contributed by atoms with Gasteiger partial charge in [0.1, 0.15) is 35.4 Å². The van der Waals surface area contributed by atoms with Gasteiger partial charge in [-0.25, -0.2) is 9.97 Å². The molecule has 26 heavy (non-hydrogen) atoms. The van der Waals surface area contributed by atoms with Crippen LogP contribution in [0.15, 0.2) is 30.3 Å². The van der Waals surface area contributed by atoms with Gasteiger partial charge in [-0.3, -0.25) is 4.79 Å². The van der Waals surface area contributed by atoms with E-state index in [1.807, 2.05) is 45.0 Å². The summed E-state index contributed by atoms with van der Waals surface area (Å²) in [6.07, 6.45) is 0. The molecule has 7 heteroatoms. The summed E-state index contributed by atoms with van der Waals surface area (Å²) in [5.41, 5.74) is 0.0152. The number of amides is 1. The molecule has 0 bridgehead atoms. The number of nitrogens with zero attached hydrogens (tertiary/aromatic N) is 2. The number of nitrogens with one attached hydrogen (secondary N) is 2. The monoisotopic (exact) mass is 358 g/mol. The van der Waals surface area contributed by atoms with Crippen LogP contribution in [0.1, 0.15) is 37.1 Å². The first-order valence-corrected chi connectivity index (χ1v) is 8.46. The maximum atomic E-state index is 12.3. The number of ether oxygens (including phenoxy) is 2. The summed E-state index contributed by atoms with van der Waals surface area (Å²) in [5.74, 6) is 2.45. The maximum Gasteiger partial charge on any atom is 0.270 e. The van der Waals surface area contributed by atoms with Crippen LogP contribution in [0, 0.1) is 6.92 Å². The van der Waals surface area contributed by atoms with Gasteiger partial charge < -0.3 is 20.1 Å². The summed E-state index contributed by atoms with van der Waals surface area (Å²) in [6, 6.07) is 9.03. The summed E-state index contributed by atoms with van der Waals surface area (Å²) in [5, 5.41) is 6.05. The van der Waals surface area contributed by atoms with Crippen LogP contribution in [0.3, 0.4) is 0 Å². The standard InChI is InChI=1S/C19H26N4O3/c1-13-21-16(18(24)23-19(2,3)4)12-17(22-13)20-10-11-26-15-8-6-14(25-5)7-9-15/h6-9,12H,10-11H2,1-5H3,(H,23,24)(H,20,21,22). The van der Waals surface area contributed by atoms with Crippen LogP contribution in [0.25, 0.3) is 0 Å². The van der Waals surface area contributed by atoms with Crippen LogP contribution in [0.4, 0.5) is 5.82 Å². The summed E-state index contributed by atoms with van der Waals surface area (Å²) < 4.78 is 10.8. The largest absolute Gasteiger partial charge is 0.497 e. The van der Waals surface area contributed by atoms with Crippen molar-refractivity contribution in [3.8, 4) is 11.5 Å². The highest BCUT2D eigenvalue weighted by atomic mass is 16.5. The van der Waals surface area contributed by atoms with Crippen molar-refractivity contribution in [1.29, 1.82) is 0 Å². The Hall–Kier alpha value is -2.83. The van der Waals surface area contributed by atoms with E-state index in [0.29, 0.717) is 30.5 Å². The van der Waals surface area contributed by atoms with Gasteiger partial charge in [-0.1, -0.05) is 0 Å². The molecule has 0 aliphatic carbocycles. The van der Waals surface area contributed by atoms with Gasteiger partial charge in [-0.05, 0) is 52.0 Å². The fourth-order valence-electron chi connectivity index (χ4n) is 2.20. The normalized spacial score (nSPS) is 11.0. The van der Waals surface area contributed by atoms with Gasteiger partial charge in [0.25, 0.3) is 5.91 Å². The van der Waals surface area contributed by atoms with Crippen molar-refractivity contribution in [3.63, 3.8) is 0 Å². The van der Waals surface area contributed by atoms with Crippen molar-refractivity contribution >= 4 is 11.7 Å². The molecule has 0 unspecified atom stereocenters. The van der Waals surface area contributed by atoms with E-state index < -0.39 is 0 Å². The lowest BCUT2D eigenvalue weighted by Gasteiger charge is -2.20. The second-order valence-electron chi connectivity index (χ2n) is 6.84. The Morgan fingerprint density at radius 3 is 2.38 bits per heavy atom. The molecule has 1 amide bonds. The molecule has 0 aliphatic rings. The minimum Gasteiger partial charge on any atom is -0.497 e. The lowest BCUT2D eigenvalue weighted by Crippen LogP contribution is -2.41. The highest BCUT2D eigenvalue weighted by Gasteiger charge is 2.17. The Morgan fingerprint density at radius 1 is 1.12 bits per heavy atom. The minimum absolute atomic E-state index is 0.222. The van der Waals surface area contributed by atoms with E-state index in [0.717, 1.165) is 11.5 Å². The van der Waals surface area contributed by atoms with Crippen molar-refractivity contribution in [1.82, 2.24) is 15.3 Å². The second kappa shape index (κ2) is 8.51. The number of hydrogen-bond donors (Lipinski definition) is 2. The molecule has 2 rings (SSSR count). The van der Waals surface area contributed by atoms with Gasteiger partial charge in [0.15, 0.2) is 0 Å². The van der Waals surface area contributed by atoms with Crippen molar-refractivity contribution in [2.75, 3.05) is 25.6 Å². The minimum atomic E-state index is -0.324. The van der Waals surface area contributed by atoms with Crippen LogP contribution in [-0.2, 0) is 0 Å². The molecule has 0 aliphatic heterocycles. The predicted octanol–water partition coefficient (Wildman–Crippen LogP) is 2.81. The number of aromatic nitrogens is 2. The van der Waals surface area contributed by atoms with Gasteiger partial charge in [0, 0.05) is 11.6 Å². The summed E-state index contributed by atoms with van der Waals surface area (Å²) in [7, 11) is 1.62. The van der Waals surface area contributed by atoms with Crippen molar-refractivity contribution in [2.24, 2.45) is 0 Å². The summed E-state index contributed by atoms with van der Waals surface area (Å²) >= 11 is 0. The Kier molecular flexibility index (Phi) is 6.38. The summed E-state index contributed by atoms with van der Waals surface area (Å²) in [6.45, 7) is 8.53. The molecule has 0 spiro atoms. The van der Waals surface area contributed by atoms with Gasteiger partial charge in [-0.15, -0.1) is 0 Å². The fraction of sp³-hybridized carbons (Fsp3) is 0.421. The molecule has 1 aromatic heterocycles. The molecule has 140 valence electrons. The third-order valence-corrected chi connectivity index (χ3v) is 3.30. The molecule has 0 radical (unpaired) electrons. The number of carbonyl (C=O) groups is 1. The number of anilines is 1.